The van der Waals surface area contributed by atoms with E-state index in [9.17, 15) is 0 Å². The zero-order valence-electron chi connectivity index (χ0n) is 15.5. The van der Waals surface area contributed by atoms with Crippen LogP contribution in [0.2, 0.25) is 5.02 Å². The van der Waals surface area contributed by atoms with E-state index in [-0.39, 0.29) is 0 Å². The van der Waals surface area contributed by atoms with Crippen LogP contribution in [-0.2, 0) is 13.0 Å². The van der Waals surface area contributed by atoms with E-state index in [2.05, 4.69) is 39.2 Å². The molecule has 3 rings (SSSR count). The Morgan fingerprint density at radius 3 is 2.54 bits per heavy atom. The van der Waals surface area contributed by atoms with Crippen molar-refractivity contribution in [3.05, 3.63) is 46.7 Å². The van der Waals surface area contributed by atoms with Gasteiger partial charge >= 0.3 is 0 Å². The topological polar surface area (TPSA) is 50.3 Å². The standard InChI is InChI=1S/C20H27ClN4O/c1-3-15-12-22-20(23-13-15)24-17-7-9-25(10-8-17)14-16-5-6-18(21)19(11-16)26-4-2/h5-6,11-13,17H,3-4,7-10,14H2,1-2H3,(H,22,23,24). The average Bonchev–Trinajstić information content (AvgIpc) is 2.67. The maximum absolute atomic E-state index is 6.17. The number of aryl methyl sites for hydroxylation is 1. The van der Waals surface area contributed by atoms with Crippen LogP contribution in [0.1, 0.15) is 37.8 Å². The van der Waals surface area contributed by atoms with Gasteiger partial charge < -0.3 is 10.1 Å². The minimum Gasteiger partial charge on any atom is -0.492 e. The van der Waals surface area contributed by atoms with E-state index in [1.807, 2.05) is 25.4 Å². The van der Waals surface area contributed by atoms with Crippen molar-refractivity contribution in [2.75, 3.05) is 25.0 Å². The Morgan fingerprint density at radius 2 is 1.88 bits per heavy atom. The van der Waals surface area contributed by atoms with Crippen molar-refractivity contribution in [2.45, 2.75) is 45.7 Å². The van der Waals surface area contributed by atoms with E-state index in [0.717, 1.165) is 50.6 Å². The first kappa shape index (κ1) is 18.9. The van der Waals surface area contributed by atoms with Crippen molar-refractivity contribution in [3.63, 3.8) is 0 Å². The number of anilines is 1. The molecule has 6 heteroatoms. The zero-order chi connectivity index (χ0) is 18.4. The fourth-order valence-corrected chi connectivity index (χ4v) is 3.37. The second-order valence-electron chi connectivity index (χ2n) is 6.66. The molecule has 0 saturated carbocycles. The number of nitrogens with zero attached hydrogens (tertiary/aromatic N) is 3. The number of rotatable bonds is 7. The summed E-state index contributed by atoms with van der Waals surface area (Å²) in [4.78, 5) is 11.3. The number of piperidine rings is 1. The normalized spacial score (nSPS) is 15.8. The van der Waals surface area contributed by atoms with Gasteiger partial charge in [0, 0.05) is 38.1 Å². The fraction of sp³-hybridized carbons (Fsp3) is 0.500. The summed E-state index contributed by atoms with van der Waals surface area (Å²) in [6, 6.07) is 6.49. The first-order valence-corrected chi connectivity index (χ1v) is 9.76. The lowest BCUT2D eigenvalue weighted by Gasteiger charge is -2.32. The lowest BCUT2D eigenvalue weighted by molar-refractivity contribution is 0.210. The third-order valence-corrected chi connectivity index (χ3v) is 5.05. The lowest BCUT2D eigenvalue weighted by atomic mass is 10.0. The molecule has 0 radical (unpaired) electrons. The van der Waals surface area contributed by atoms with Crippen LogP contribution in [0.4, 0.5) is 5.95 Å². The molecule has 1 aliphatic rings. The van der Waals surface area contributed by atoms with Crippen LogP contribution in [0, 0.1) is 0 Å². The molecule has 26 heavy (non-hydrogen) atoms. The highest BCUT2D eigenvalue weighted by Gasteiger charge is 2.20. The Bertz CT molecular complexity index is 699. The van der Waals surface area contributed by atoms with Crippen LogP contribution in [0.5, 0.6) is 5.75 Å². The molecule has 0 amide bonds. The molecule has 0 atom stereocenters. The minimum absolute atomic E-state index is 0.433. The molecule has 0 spiro atoms. The fourth-order valence-electron chi connectivity index (χ4n) is 3.20. The molecule has 2 heterocycles. The van der Waals surface area contributed by atoms with Crippen LogP contribution in [0.3, 0.4) is 0 Å². The lowest BCUT2D eigenvalue weighted by Crippen LogP contribution is -2.38. The van der Waals surface area contributed by atoms with E-state index in [1.54, 1.807) is 0 Å². The Balaban J connectivity index is 1.49. The Hall–Kier alpha value is -1.85. The van der Waals surface area contributed by atoms with Gasteiger partial charge in [-0.3, -0.25) is 4.90 Å². The smallest absolute Gasteiger partial charge is 0.222 e. The van der Waals surface area contributed by atoms with Gasteiger partial charge in [-0.2, -0.15) is 0 Å². The molecule has 1 aromatic heterocycles. The summed E-state index contributed by atoms with van der Waals surface area (Å²) < 4.78 is 5.59. The van der Waals surface area contributed by atoms with Gasteiger partial charge in [0.15, 0.2) is 0 Å². The van der Waals surface area contributed by atoms with Crippen LogP contribution in [0.15, 0.2) is 30.6 Å². The van der Waals surface area contributed by atoms with Crippen molar-refractivity contribution in [2.24, 2.45) is 0 Å². The van der Waals surface area contributed by atoms with Crippen LogP contribution in [-0.4, -0.2) is 40.6 Å². The Morgan fingerprint density at radius 1 is 1.15 bits per heavy atom. The van der Waals surface area contributed by atoms with Gasteiger partial charge in [0.2, 0.25) is 5.95 Å². The maximum Gasteiger partial charge on any atom is 0.222 e. The number of ether oxygens (including phenoxy) is 1. The summed E-state index contributed by atoms with van der Waals surface area (Å²) in [5, 5.41) is 4.14. The van der Waals surface area contributed by atoms with Crippen molar-refractivity contribution >= 4 is 17.5 Å². The van der Waals surface area contributed by atoms with Crippen molar-refractivity contribution in [3.8, 4) is 5.75 Å². The van der Waals surface area contributed by atoms with E-state index < -0.39 is 0 Å². The minimum atomic E-state index is 0.433. The SMILES string of the molecule is CCOc1cc(CN2CCC(Nc3ncc(CC)cn3)CC2)ccc1Cl. The molecular formula is C20H27ClN4O. The van der Waals surface area contributed by atoms with E-state index >= 15 is 0 Å². The van der Waals surface area contributed by atoms with Crippen molar-refractivity contribution in [1.82, 2.24) is 14.9 Å². The highest BCUT2D eigenvalue weighted by Crippen LogP contribution is 2.26. The number of likely N-dealkylation sites (tertiary alicyclic amines) is 1. The average molecular weight is 375 g/mol. The van der Waals surface area contributed by atoms with Crippen LogP contribution < -0.4 is 10.1 Å². The number of hydrogen-bond acceptors (Lipinski definition) is 5. The summed E-state index contributed by atoms with van der Waals surface area (Å²) in [5.41, 5.74) is 2.41. The highest BCUT2D eigenvalue weighted by atomic mass is 35.5. The second-order valence-corrected chi connectivity index (χ2v) is 7.07. The first-order chi connectivity index (χ1) is 12.7. The van der Waals surface area contributed by atoms with E-state index in [1.165, 1.54) is 11.1 Å². The van der Waals surface area contributed by atoms with Crippen molar-refractivity contribution < 1.29 is 4.74 Å². The van der Waals surface area contributed by atoms with Gasteiger partial charge in [0.1, 0.15) is 5.75 Å². The summed E-state index contributed by atoms with van der Waals surface area (Å²) in [6.45, 7) is 7.74. The quantitative estimate of drug-likeness (QED) is 0.788. The Labute approximate surface area is 160 Å². The number of benzene rings is 1. The Kier molecular flexibility index (Phi) is 6.69. The summed E-state index contributed by atoms with van der Waals surface area (Å²) >= 11 is 6.17. The molecule has 5 nitrogen and oxygen atoms in total. The molecule has 1 aromatic carbocycles. The predicted molar refractivity (Wildman–Crippen MR) is 106 cm³/mol. The van der Waals surface area contributed by atoms with Crippen molar-refractivity contribution in [1.29, 1.82) is 0 Å². The second kappa shape index (κ2) is 9.19. The molecule has 2 aromatic rings. The molecule has 140 valence electrons. The third kappa shape index (κ3) is 5.08. The van der Waals surface area contributed by atoms with E-state index in [0.29, 0.717) is 17.7 Å². The number of hydrogen-bond donors (Lipinski definition) is 1. The molecule has 0 bridgehead atoms. The zero-order valence-corrected chi connectivity index (χ0v) is 16.3. The van der Waals surface area contributed by atoms with Gasteiger partial charge in [0.25, 0.3) is 0 Å². The summed E-state index contributed by atoms with van der Waals surface area (Å²) in [7, 11) is 0. The molecule has 1 saturated heterocycles. The van der Waals surface area contributed by atoms with Gasteiger partial charge in [-0.1, -0.05) is 24.6 Å². The van der Waals surface area contributed by atoms with Gasteiger partial charge in [0.05, 0.1) is 11.6 Å². The predicted octanol–water partition coefficient (Wildman–Crippen LogP) is 4.17. The van der Waals surface area contributed by atoms with Crippen LogP contribution in [0.25, 0.3) is 0 Å². The molecule has 0 aliphatic carbocycles. The molecule has 1 N–H and O–H groups in total. The number of aromatic nitrogens is 2. The summed E-state index contributed by atoms with van der Waals surface area (Å²) in [6.07, 6.45) is 6.95. The first-order valence-electron chi connectivity index (χ1n) is 9.39. The highest BCUT2D eigenvalue weighted by molar-refractivity contribution is 6.32. The number of nitrogens with one attached hydrogen (secondary N) is 1. The van der Waals surface area contributed by atoms with Crippen LogP contribution >= 0.6 is 11.6 Å². The molecule has 1 fully saturated rings. The third-order valence-electron chi connectivity index (χ3n) is 4.74. The van der Waals surface area contributed by atoms with Gasteiger partial charge in [-0.25, -0.2) is 9.97 Å². The summed E-state index contributed by atoms with van der Waals surface area (Å²) in [5.74, 6) is 1.51. The van der Waals surface area contributed by atoms with Gasteiger partial charge in [-0.05, 0) is 49.4 Å². The van der Waals surface area contributed by atoms with E-state index in [4.69, 9.17) is 16.3 Å². The monoisotopic (exact) mass is 374 g/mol. The molecule has 1 aliphatic heterocycles. The molecule has 0 unspecified atom stereocenters. The molecular weight excluding hydrogens is 348 g/mol. The largest absolute Gasteiger partial charge is 0.492 e. The van der Waals surface area contributed by atoms with Gasteiger partial charge in [-0.15, -0.1) is 0 Å². The maximum atomic E-state index is 6.17. The number of halogens is 1.